The molecule has 3 aromatic rings. The molecule has 0 aliphatic carbocycles. The maximum absolute atomic E-state index is 13.8. The van der Waals surface area contributed by atoms with Crippen LogP contribution in [-0.4, -0.2) is 88.7 Å². The molecule has 3 unspecified atom stereocenters. The number of H-pyrrole nitrogens is 1. The lowest BCUT2D eigenvalue weighted by Gasteiger charge is -2.47. The van der Waals surface area contributed by atoms with E-state index in [0.29, 0.717) is 38.3 Å². The van der Waals surface area contributed by atoms with Crippen LogP contribution in [0, 0.1) is 5.21 Å². The Morgan fingerprint density at radius 1 is 1.08 bits per heavy atom. The van der Waals surface area contributed by atoms with Gasteiger partial charge in [0.25, 0.3) is 0 Å². The third-order valence-electron chi connectivity index (χ3n) is 7.58. The Labute approximate surface area is 208 Å². The van der Waals surface area contributed by atoms with Crippen molar-refractivity contribution in [3.8, 4) is 0 Å². The minimum atomic E-state index is -1.03. The second kappa shape index (κ2) is 9.30. The highest BCUT2D eigenvalue weighted by molar-refractivity contribution is 5.97. The van der Waals surface area contributed by atoms with Crippen LogP contribution in [0.3, 0.4) is 0 Å². The Morgan fingerprint density at radius 3 is 2.69 bits per heavy atom. The largest absolute Gasteiger partial charge is 0.595 e. The number of piperazine rings is 1. The minimum Gasteiger partial charge on any atom is -0.595 e. The Balaban J connectivity index is 1.38. The summed E-state index contributed by atoms with van der Waals surface area (Å²) < 4.78 is 5.42. The van der Waals surface area contributed by atoms with Crippen molar-refractivity contribution in [2.24, 2.45) is 0 Å². The number of benzene rings is 2. The molecule has 0 spiro atoms. The maximum atomic E-state index is 13.8. The normalized spacial score (nSPS) is 23.6. The number of rotatable bonds is 5. The summed E-state index contributed by atoms with van der Waals surface area (Å²) >= 11 is 0. The van der Waals surface area contributed by atoms with E-state index in [0.717, 1.165) is 35.2 Å². The molecule has 6 rings (SSSR count). The summed E-state index contributed by atoms with van der Waals surface area (Å²) in [6.07, 6.45) is 0.424. The zero-order valence-electron chi connectivity index (χ0n) is 19.9. The molecule has 2 amide bonds. The van der Waals surface area contributed by atoms with Gasteiger partial charge in [0.05, 0.1) is 25.8 Å². The van der Waals surface area contributed by atoms with E-state index in [-0.39, 0.29) is 24.0 Å². The van der Waals surface area contributed by atoms with Crippen molar-refractivity contribution in [2.45, 2.75) is 18.5 Å². The van der Waals surface area contributed by atoms with Crippen molar-refractivity contribution in [3.63, 3.8) is 0 Å². The number of nitrogens with one attached hydrogen (secondary N) is 2. The van der Waals surface area contributed by atoms with Crippen molar-refractivity contribution >= 4 is 28.4 Å². The molecule has 3 aliphatic rings. The molecule has 3 N–H and O–H groups in total. The van der Waals surface area contributed by atoms with Gasteiger partial charge in [0.1, 0.15) is 6.04 Å². The molecular formula is C26H29N5O5. The number of amides is 2. The fourth-order valence-corrected chi connectivity index (χ4v) is 5.79. The van der Waals surface area contributed by atoms with E-state index in [1.165, 1.54) is 6.07 Å². The number of quaternary nitrogens is 1. The highest BCUT2D eigenvalue weighted by atomic mass is 16.8. The summed E-state index contributed by atoms with van der Waals surface area (Å²) in [5.41, 5.74) is 3.61. The third kappa shape index (κ3) is 3.97. The van der Waals surface area contributed by atoms with E-state index >= 15 is 0 Å². The van der Waals surface area contributed by atoms with E-state index in [2.05, 4.69) is 9.88 Å². The van der Waals surface area contributed by atoms with Crippen molar-refractivity contribution < 1.29 is 24.8 Å². The number of para-hydroxylation sites is 1. The lowest BCUT2D eigenvalue weighted by atomic mass is 9.86. The third-order valence-corrected chi connectivity index (χ3v) is 7.58. The Morgan fingerprint density at radius 2 is 1.89 bits per heavy atom. The number of ether oxygens (including phenoxy) is 1. The molecule has 0 bridgehead atoms. The Hall–Kier alpha value is -3.28. The molecule has 36 heavy (non-hydrogen) atoms. The van der Waals surface area contributed by atoms with Gasteiger partial charge in [-0.05, 0) is 17.2 Å². The fraction of sp³-hybridized carbons (Fsp3) is 0.385. The van der Waals surface area contributed by atoms with E-state index in [9.17, 15) is 20.0 Å². The summed E-state index contributed by atoms with van der Waals surface area (Å²) in [4.78, 5) is 36.5. The monoisotopic (exact) mass is 491 g/mol. The number of carbonyl (C=O) groups excluding carboxylic acids is 2. The van der Waals surface area contributed by atoms with Crippen LogP contribution < -0.4 is 5.23 Å². The zero-order valence-corrected chi connectivity index (χ0v) is 19.9. The van der Waals surface area contributed by atoms with Gasteiger partial charge < -0.3 is 24.7 Å². The van der Waals surface area contributed by atoms with Crippen molar-refractivity contribution in [3.05, 3.63) is 70.6 Å². The quantitative estimate of drug-likeness (QED) is 0.450. The van der Waals surface area contributed by atoms with Gasteiger partial charge in [0.15, 0.2) is 5.69 Å². The average molecular weight is 492 g/mol. The van der Waals surface area contributed by atoms with Crippen LogP contribution >= 0.6 is 0 Å². The number of morpholine rings is 1. The summed E-state index contributed by atoms with van der Waals surface area (Å²) in [7, 11) is 0. The molecule has 10 nitrogen and oxygen atoms in total. The SMILES string of the molecule is O=C1C2Cc3c([nH]c4ccccc34)C(c3cccc([NH+]([O-])O)c3)N2C(=O)CN1CCN1CCOCC1. The Kier molecular flexibility index (Phi) is 5.98. The smallest absolute Gasteiger partial charge is 0.246 e. The second-order valence-electron chi connectivity index (χ2n) is 9.63. The van der Waals surface area contributed by atoms with E-state index in [4.69, 9.17) is 4.74 Å². The molecule has 0 radical (unpaired) electrons. The molecule has 0 saturated carbocycles. The van der Waals surface area contributed by atoms with Crippen molar-refractivity contribution in [2.75, 3.05) is 45.9 Å². The lowest BCUT2D eigenvalue weighted by molar-refractivity contribution is -0.991. The first-order chi connectivity index (χ1) is 17.5. The predicted octanol–water partition coefficient (Wildman–Crippen LogP) is 0.588. The van der Waals surface area contributed by atoms with Gasteiger partial charge in [0.2, 0.25) is 11.8 Å². The standard InChI is InChI=1S/C26H29N5O5/c32-23-16-29(9-8-28-10-12-36-13-11-28)26(33)22-15-20-19-6-1-2-7-21(19)27-24(20)25(30(22)23)17-4-3-5-18(14-17)31(34)35/h1-7,14,22,25,27,31,34H,8-13,15-16H2. The number of fused-ring (bicyclic) bond motifs is 4. The van der Waals surface area contributed by atoms with Gasteiger partial charge in [-0.3, -0.25) is 14.5 Å². The summed E-state index contributed by atoms with van der Waals surface area (Å²) in [6.45, 7) is 4.24. The number of aromatic nitrogens is 1. The van der Waals surface area contributed by atoms with Crippen LogP contribution in [-0.2, 0) is 20.7 Å². The summed E-state index contributed by atoms with van der Waals surface area (Å²) in [6, 6.07) is 13.4. The highest BCUT2D eigenvalue weighted by Gasteiger charge is 2.48. The van der Waals surface area contributed by atoms with Gasteiger partial charge in [0, 0.05) is 61.3 Å². The molecule has 4 heterocycles. The molecule has 2 saturated heterocycles. The zero-order chi connectivity index (χ0) is 24.8. The molecule has 10 heteroatoms. The van der Waals surface area contributed by atoms with E-state index in [1.807, 2.05) is 30.3 Å². The lowest BCUT2D eigenvalue weighted by Crippen LogP contribution is -2.99. The molecule has 3 atom stereocenters. The van der Waals surface area contributed by atoms with E-state index in [1.54, 1.807) is 21.9 Å². The average Bonchev–Trinajstić information content (AvgIpc) is 3.28. The highest BCUT2D eigenvalue weighted by Crippen LogP contribution is 2.42. The van der Waals surface area contributed by atoms with Gasteiger partial charge in [-0.25, -0.2) is 5.21 Å². The van der Waals surface area contributed by atoms with Crippen LogP contribution in [0.15, 0.2) is 48.5 Å². The first-order valence-electron chi connectivity index (χ1n) is 12.3. The number of carbonyl (C=O) groups is 2. The molecule has 3 aliphatic heterocycles. The van der Waals surface area contributed by atoms with Crippen LogP contribution in [0.5, 0.6) is 0 Å². The first-order valence-corrected chi connectivity index (χ1v) is 12.3. The Bertz CT molecular complexity index is 1300. The molecule has 1 aromatic heterocycles. The topological polar surface area (TPSA) is 117 Å². The summed E-state index contributed by atoms with van der Waals surface area (Å²) in [5.74, 6) is -0.185. The molecule has 2 aromatic carbocycles. The first kappa shape index (κ1) is 23.1. The van der Waals surface area contributed by atoms with Gasteiger partial charge in [-0.2, -0.15) is 5.23 Å². The van der Waals surface area contributed by atoms with E-state index < -0.39 is 17.3 Å². The minimum absolute atomic E-state index is 0.0182. The fourth-order valence-electron chi connectivity index (χ4n) is 5.79. The molecule has 188 valence electrons. The maximum Gasteiger partial charge on any atom is 0.246 e. The van der Waals surface area contributed by atoms with Gasteiger partial charge in [-0.15, -0.1) is 0 Å². The van der Waals surface area contributed by atoms with Crippen molar-refractivity contribution in [1.29, 1.82) is 0 Å². The summed E-state index contributed by atoms with van der Waals surface area (Å²) in [5, 5.41) is 21.3. The molecular weight excluding hydrogens is 462 g/mol. The number of aromatic amines is 1. The molecule has 2 fully saturated rings. The number of nitrogens with zero attached hydrogens (tertiary/aromatic N) is 3. The predicted molar refractivity (Wildman–Crippen MR) is 131 cm³/mol. The van der Waals surface area contributed by atoms with Crippen LogP contribution in [0.1, 0.15) is 22.9 Å². The van der Waals surface area contributed by atoms with Crippen LogP contribution in [0.4, 0.5) is 5.69 Å². The number of hydrogen-bond acceptors (Lipinski definition) is 6. The van der Waals surface area contributed by atoms with Gasteiger partial charge in [-0.1, -0.05) is 30.3 Å². The van der Waals surface area contributed by atoms with Crippen molar-refractivity contribution in [1.82, 2.24) is 19.7 Å². The second-order valence-corrected chi connectivity index (χ2v) is 9.63. The van der Waals surface area contributed by atoms with Crippen LogP contribution in [0.2, 0.25) is 0 Å². The van der Waals surface area contributed by atoms with Crippen LogP contribution in [0.25, 0.3) is 10.9 Å². The van der Waals surface area contributed by atoms with Gasteiger partial charge >= 0.3 is 0 Å². The number of hydrogen-bond donors (Lipinski definition) is 3.